The maximum Gasteiger partial charge on any atom is 0.234 e. The predicted octanol–water partition coefficient (Wildman–Crippen LogP) is 3.50. The molecule has 0 unspecified atom stereocenters. The predicted molar refractivity (Wildman–Crippen MR) is 102 cm³/mol. The van der Waals surface area contributed by atoms with Crippen molar-refractivity contribution in [2.45, 2.75) is 31.3 Å². The number of hydrogen-bond donors (Lipinski definition) is 2. The summed E-state index contributed by atoms with van der Waals surface area (Å²) >= 11 is 1.21. The molecule has 0 radical (unpaired) electrons. The van der Waals surface area contributed by atoms with Crippen molar-refractivity contribution in [2.24, 2.45) is 0 Å². The van der Waals surface area contributed by atoms with Crippen LogP contribution in [0, 0.1) is 0 Å². The van der Waals surface area contributed by atoms with E-state index in [1.807, 2.05) is 24.3 Å². The maximum atomic E-state index is 12.2. The molecule has 0 saturated heterocycles. The number of amides is 1. The molecule has 3 aromatic rings. The molecule has 2 aromatic heterocycles. The van der Waals surface area contributed by atoms with Crippen molar-refractivity contribution in [1.82, 2.24) is 14.9 Å². The number of carbonyl (C=O) groups excluding carboxylic acids is 1. The zero-order chi connectivity index (χ0) is 18.5. The van der Waals surface area contributed by atoms with Crippen molar-refractivity contribution in [3.8, 4) is 11.6 Å². The fourth-order valence-corrected chi connectivity index (χ4v) is 3.06. The lowest BCUT2D eigenvalue weighted by atomic mass is 9.99. The molecule has 0 aliphatic rings. The standard InChI is InChI=1S/C18H21N5O2S/c1-3-12(2)13-6-8-14(9-7-13)20-16(24)11-26-18-22-21-17(23(18)19)15-5-4-10-25-15/h4-10,12H,3,11,19H2,1-2H3,(H,20,24)/t12-/m0/s1. The van der Waals surface area contributed by atoms with Crippen LogP contribution in [0.5, 0.6) is 0 Å². The van der Waals surface area contributed by atoms with E-state index in [1.54, 1.807) is 12.1 Å². The number of anilines is 1. The third kappa shape index (κ3) is 4.08. The van der Waals surface area contributed by atoms with Gasteiger partial charge in [0.25, 0.3) is 0 Å². The highest BCUT2D eigenvalue weighted by molar-refractivity contribution is 7.99. The number of rotatable bonds is 7. The van der Waals surface area contributed by atoms with Crippen LogP contribution in [0.3, 0.4) is 0 Å². The van der Waals surface area contributed by atoms with Crippen molar-refractivity contribution >= 4 is 23.4 Å². The third-order valence-corrected chi connectivity index (χ3v) is 5.06. The summed E-state index contributed by atoms with van der Waals surface area (Å²) in [4.78, 5) is 12.2. The van der Waals surface area contributed by atoms with Gasteiger partial charge in [-0.3, -0.25) is 4.79 Å². The molecule has 3 N–H and O–H groups in total. The zero-order valence-electron chi connectivity index (χ0n) is 14.7. The van der Waals surface area contributed by atoms with Gasteiger partial charge in [0.15, 0.2) is 5.76 Å². The lowest BCUT2D eigenvalue weighted by Gasteiger charge is -2.10. The summed E-state index contributed by atoms with van der Waals surface area (Å²) in [5, 5.41) is 11.3. The molecule has 0 aliphatic heterocycles. The quantitative estimate of drug-likeness (QED) is 0.487. The zero-order valence-corrected chi connectivity index (χ0v) is 15.5. The van der Waals surface area contributed by atoms with Crippen LogP contribution in [0.2, 0.25) is 0 Å². The Balaban J connectivity index is 1.56. The minimum atomic E-state index is -0.131. The molecule has 0 spiro atoms. The van der Waals surface area contributed by atoms with Gasteiger partial charge < -0.3 is 15.6 Å². The van der Waals surface area contributed by atoms with Gasteiger partial charge in [-0.1, -0.05) is 37.7 Å². The Hall–Kier alpha value is -2.74. The number of thioether (sulfide) groups is 1. The topological polar surface area (TPSA) is 99.0 Å². The summed E-state index contributed by atoms with van der Waals surface area (Å²) in [6.45, 7) is 4.34. The molecule has 1 atom stereocenters. The van der Waals surface area contributed by atoms with E-state index in [1.165, 1.54) is 28.3 Å². The minimum absolute atomic E-state index is 0.131. The normalized spacial score (nSPS) is 12.1. The molecule has 0 fully saturated rings. The van der Waals surface area contributed by atoms with Crippen LogP contribution in [-0.2, 0) is 4.79 Å². The number of hydrogen-bond acceptors (Lipinski definition) is 6. The minimum Gasteiger partial charge on any atom is -0.461 e. The molecule has 0 saturated carbocycles. The van der Waals surface area contributed by atoms with Crippen LogP contribution in [-0.4, -0.2) is 26.5 Å². The van der Waals surface area contributed by atoms with E-state index in [0.717, 1.165) is 12.1 Å². The van der Waals surface area contributed by atoms with Crippen LogP contribution in [0.25, 0.3) is 11.6 Å². The Kier molecular flexibility index (Phi) is 5.62. The van der Waals surface area contributed by atoms with Crippen LogP contribution in [0.1, 0.15) is 31.7 Å². The first kappa shape index (κ1) is 18.1. The number of nitrogens with two attached hydrogens (primary N) is 1. The van der Waals surface area contributed by atoms with E-state index in [0.29, 0.717) is 22.7 Å². The molecule has 1 amide bonds. The SMILES string of the molecule is CC[C@H](C)c1ccc(NC(=O)CSc2nnc(-c3ccco3)n2N)cc1. The number of nitrogens with zero attached hydrogens (tertiary/aromatic N) is 3. The maximum absolute atomic E-state index is 12.2. The second-order valence-electron chi connectivity index (χ2n) is 5.92. The summed E-state index contributed by atoms with van der Waals surface area (Å²) in [6, 6.07) is 11.4. The lowest BCUT2D eigenvalue weighted by Crippen LogP contribution is -2.16. The summed E-state index contributed by atoms with van der Waals surface area (Å²) in [7, 11) is 0. The van der Waals surface area contributed by atoms with Crippen molar-refractivity contribution < 1.29 is 9.21 Å². The number of carbonyl (C=O) groups is 1. The van der Waals surface area contributed by atoms with E-state index < -0.39 is 0 Å². The molecule has 3 rings (SSSR count). The van der Waals surface area contributed by atoms with E-state index >= 15 is 0 Å². The average molecular weight is 371 g/mol. The smallest absolute Gasteiger partial charge is 0.234 e. The number of benzene rings is 1. The highest BCUT2D eigenvalue weighted by Crippen LogP contribution is 2.23. The molecule has 1 aromatic carbocycles. The molecule has 26 heavy (non-hydrogen) atoms. The van der Waals surface area contributed by atoms with Gasteiger partial charge in [0.05, 0.1) is 12.0 Å². The average Bonchev–Trinajstić information content (AvgIpc) is 3.29. The second kappa shape index (κ2) is 8.09. The number of furan rings is 1. The summed E-state index contributed by atoms with van der Waals surface area (Å²) in [6.07, 6.45) is 2.62. The monoisotopic (exact) mass is 371 g/mol. The van der Waals surface area contributed by atoms with Gasteiger partial charge in [0.2, 0.25) is 16.9 Å². The Bertz CT molecular complexity index is 858. The molecule has 136 valence electrons. The number of nitrogens with one attached hydrogen (secondary N) is 1. The van der Waals surface area contributed by atoms with Crippen LogP contribution in [0.15, 0.2) is 52.2 Å². The Morgan fingerprint density at radius 3 is 2.73 bits per heavy atom. The first-order valence-electron chi connectivity index (χ1n) is 8.35. The highest BCUT2D eigenvalue weighted by Gasteiger charge is 2.15. The van der Waals surface area contributed by atoms with Crippen molar-refractivity contribution in [1.29, 1.82) is 0 Å². The van der Waals surface area contributed by atoms with Gasteiger partial charge in [-0.2, -0.15) is 0 Å². The van der Waals surface area contributed by atoms with Gasteiger partial charge >= 0.3 is 0 Å². The summed E-state index contributed by atoms with van der Waals surface area (Å²) in [5.41, 5.74) is 2.04. The largest absolute Gasteiger partial charge is 0.461 e. The molecular weight excluding hydrogens is 350 g/mol. The Morgan fingerprint density at radius 2 is 2.08 bits per heavy atom. The first-order chi connectivity index (χ1) is 12.6. The summed E-state index contributed by atoms with van der Waals surface area (Å²) < 4.78 is 6.58. The molecule has 2 heterocycles. The summed E-state index contributed by atoms with van der Waals surface area (Å²) in [5.74, 6) is 7.47. The Labute approximate surface area is 156 Å². The van der Waals surface area contributed by atoms with E-state index in [2.05, 4.69) is 29.4 Å². The molecule has 0 aliphatic carbocycles. The fraction of sp³-hybridized carbons (Fsp3) is 0.278. The lowest BCUT2D eigenvalue weighted by molar-refractivity contribution is -0.113. The molecule has 0 bridgehead atoms. The molecule has 8 heteroatoms. The van der Waals surface area contributed by atoms with Crippen molar-refractivity contribution in [3.05, 3.63) is 48.2 Å². The molecule has 7 nitrogen and oxygen atoms in total. The van der Waals surface area contributed by atoms with Gasteiger partial charge in [-0.15, -0.1) is 10.2 Å². The van der Waals surface area contributed by atoms with Crippen LogP contribution in [0.4, 0.5) is 5.69 Å². The highest BCUT2D eigenvalue weighted by atomic mass is 32.2. The fourth-order valence-electron chi connectivity index (χ4n) is 2.41. The van der Waals surface area contributed by atoms with Crippen molar-refractivity contribution in [2.75, 3.05) is 16.9 Å². The number of nitrogen functional groups attached to an aromatic ring is 1. The van der Waals surface area contributed by atoms with Gasteiger partial charge in [0.1, 0.15) is 0 Å². The third-order valence-electron chi connectivity index (χ3n) is 4.11. The van der Waals surface area contributed by atoms with Gasteiger partial charge in [-0.05, 0) is 42.2 Å². The second-order valence-corrected chi connectivity index (χ2v) is 6.86. The molecular formula is C18H21N5O2S. The van der Waals surface area contributed by atoms with E-state index in [4.69, 9.17) is 10.3 Å². The van der Waals surface area contributed by atoms with Crippen molar-refractivity contribution in [3.63, 3.8) is 0 Å². The van der Waals surface area contributed by atoms with Gasteiger partial charge in [-0.25, -0.2) is 4.68 Å². The Morgan fingerprint density at radius 1 is 1.31 bits per heavy atom. The van der Waals surface area contributed by atoms with E-state index in [9.17, 15) is 4.79 Å². The number of aromatic nitrogens is 3. The van der Waals surface area contributed by atoms with Gasteiger partial charge in [0, 0.05) is 5.69 Å². The van der Waals surface area contributed by atoms with Crippen LogP contribution < -0.4 is 11.2 Å². The first-order valence-corrected chi connectivity index (χ1v) is 9.34. The van der Waals surface area contributed by atoms with E-state index in [-0.39, 0.29) is 11.7 Å². The van der Waals surface area contributed by atoms with Crippen LogP contribution >= 0.6 is 11.8 Å².